The van der Waals surface area contributed by atoms with E-state index in [-0.39, 0.29) is 22.0 Å². The van der Waals surface area contributed by atoms with Crippen LogP contribution in [0, 0.1) is 28.9 Å². The van der Waals surface area contributed by atoms with Crippen molar-refractivity contribution in [1.29, 1.82) is 5.26 Å². The predicted octanol–water partition coefficient (Wildman–Crippen LogP) is 6.44. The van der Waals surface area contributed by atoms with E-state index in [0.717, 1.165) is 25.1 Å². The average Bonchev–Trinajstić information content (AvgIpc) is 3.66. The van der Waals surface area contributed by atoms with Gasteiger partial charge >= 0.3 is 0 Å². The number of rotatable bonds is 7. The lowest BCUT2D eigenvalue weighted by Gasteiger charge is -2.20. The Hall–Kier alpha value is -4.69. The number of nitrogens with zero attached hydrogens (tertiary/aromatic N) is 6. The monoisotopic (exact) mass is 546 g/mol. The standard InChI is InChI=1S/C27H18ClF3N8/c28-21-8-17(35-25(14-2-1-3-16(29)6-14)23-13-39(38-37-23)19-4-5-19)7-20-24(15(10-32)11-33-26(20)21)36-18-9-22(30)27(31)34-12-18/h1-3,6-9,11-13,19,25,35H,4-5H2,(H,33,36)/t25-/m0/s1. The topological polar surface area (TPSA) is 104 Å². The summed E-state index contributed by atoms with van der Waals surface area (Å²) in [7, 11) is 0. The second-order valence-electron chi connectivity index (χ2n) is 9.12. The number of pyridine rings is 2. The molecule has 1 atom stereocenters. The van der Waals surface area contributed by atoms with Gasteiger partial charge in [-0.05, 0) is 42.7 Å². The van der Waals surface area contributed by atoms with Crippen LogP contribution in [0.15, 0.2) is 61.1 Å². The van der Waals surface area contributed by atoms with Crippen molar-refractivity contribution in [2.45, 2.75) is 24.9 Å². The molecule has 1 fully saturated rings. The Bertz CT molecular complexity index is 1760. The third kappa shape index (κ3) is 4.94. The maximum Gasteiger partial charge on any atom is 0.249 e. The van der Waals surface area contributed by atoms with Gasteiger partial charge in [0, 0.05) is 23.3 Å². The first kappa shape index (κ1) is 24.6. The summed E-state index contributed by atoms with van der Waals surface area (Å²) in [6, 6.07) is 12.2. The van der Waals surface area contributed by atoms with Crippen molar-refractivity contribution < 1.29 is 13.2 Å². The van der Waals surface area contributed by atoms with Crippen molar-refractivity contribution in [3.63, 3.8) is 0 Å². The Morgan fingerprint density at radius 1 is 1.05 bits per heavy atom. The first-order chi connectivity index (χ1) is 18.9. The summed E-state index contributed by atoms with van der Waals surface area (Å²) in [5.74, 6) is -2.79. The van der Waals surface area contributed by atoms with E-state index >= 15 is 0 Å². The van der Waals surface area contributed by atoms with Gasteiger partial charge in [-0.2, -0.15) is 9.65 Å². The minimum Gasteiger partial charge on any atom is -0.373 e. The maximum absolute atomic E-state index is 14.2. The number of hydrogen-bond donors (Lipinski definition) is 2. The van der Waals surface area contributed by atoms with E-state index in [9.17, 15) is 18.4 Å². The predicted molar refractivity (Wildman–Crippen MR) is 139 cm³/mol. The van der Waals surface area contributed by atoms with Crippen LogP contribution in [-0.4, -0.2) is 25.0 Å². The molecule has 3 heterocycles. The quantitative estimate of drug-likeness (QED) is 0.226. The van der Waals surface area contributed by atoms with Crippen molar-refractivity contribution in [3.05, 3.63) is 100 Å². The Morgan fingerprint density at radius 3 is 2.64 bits per heavy atom. The molecule has 2 aromatic carbocycles. The van der Waals surface area contributed by atoms with Gasteiger partial charge in [0.25, 0.3) is 0 Å². The normalized spacial score (nSPS) is 13.7. The molecule has 8 nitrogen and oxygen atoms in total. The van der Waals surface area contributed by atoms with E-state index in [1.54, 1.807) is 28.9 Å². The van der Waals surface area contributed by atoms with E-state index in [0.29, 0.717) is 33.9 Å². The lowest BCUT2D eigenvalue weighted by atomic mass is 10.0. The summed E-state index contributed by atoms with van der Waals surface area (Å²) in [4.78, 5) is 7.71. The van der Waals surface area contributed by atoms with E-state index < -0.39 is 23.6 Å². The Kier molecular flexibility index (Phi) is 6.24. The fourth-order valence-electron chi connectivity index (χ4n) is 4.32. The molecule has 6 rings (SSSR count). The van der Waals surface area contributed by atoms with Gasteiger partial charge in [-0.25, -0.2) is 18.4 Å². The molecule has 39 heavy (non-hydrogen) atoms. The third-order valence-corrected chi connectivity index (χ3v) is 6.64. The molecular weight excluding hydrogens is 529 g/mol. The van der Waals surface area contributed by atoms with Crippen LogP contribution >= 0.6 is 11.6 Å². The molecule has 0 bridgehead atoms. The number of anilines is 3. The molecule has 1 aliphatic carbocycles. The van der Waals surface area contributed by atoms with Gasteiger partial charge in [-0.15, -0.1) is 5.10 Å². The van der Waals surface area contributed by atoms with E-state index in [4.69, 9.17) is 11.6 Å². The van der Waals surface area contributed by atoms with Crippen LogP contribution in [0.5, 0.6) is 0 Å². The maximum atomic E-state index is 14.2. The van der Waals surface area contributed by atoms with Crippen LogP contribution in [-0.2, 0) is 0 Å². The number of nitrogens with one attached hydrogen (secondary N) is 2. The van der Waals surface area contributed by atoms with Crippen molar-refractivity contribution in [2.75, 3.05) is 10.6 Å². The van der Waals surface area contributed by atoms with Gasteiger partial charge in [0.05, 0.1) is 52.0 Å². The molecule has 1 aliphatic rings. The number of nitriles is 1. The zero-order valence-corrected chi connectivity index (χ0v) is 20.8. The fraction of sp³-hybridized carbons (Fsp3) is 0.148. The molecule has 0 saturated heterocycles. The second kappa shape index (κ2) is 9.89. The average molecular weight is 547 g/mol. The SMILES string of the molecule is N#Cc1cnc2c(Cl)cc(N[C@@H](c3cccc(F)c3)c3cn(C4CC4)nn3)cc2c1Nc1cnc(F)c(F)c1. The molecule has 0 aliphatic heterocycles. The van der Waals surface area contributed by atoms with Gasteiger partial charge in [0.2, 0.25) is 5.95 Å². The molecule has 1 saturated carbocycles. The highest BCUT2D eigenvalue weighted by molar-refractivity contribution is 6.36. The summed E-state index contributed by atoms with van der Waals surface area (Å²) >= 11 is 6.61. The molecule has 0 amide bonds. The molecule has 0 radical (unpaired) electrons. The zero-order valence-electron chi connectivity index (χ0n) is 20.0. The molecule has 0 unspecified atom stereocenters. The smallest absolute Gasteiger partial charge is 0.249 e. The highest BCUT2D eigenvalue weighted by Gasteiger charge is 2.27. The number of benzene rings is 2. The van der Waals surface area contributed by atoms with E-state index in [2.05, 4.69) is 37.0 Å². The number of aromatic nitrogens is 5. The van der Waals surface area contributed by atoms with Crippen molar-refractivity contribution >= 4 is 39.6 Å². The molecule has 194 valence electrons. The summed E-state index contributed by atoms with van der Waals surface area (Å²) in [5.41, 5.74) is 2.65. The van der Waals surface area contributed by atoms with Crippen LogP contribution in [0.2, 0.25) is 5.02 Å². The van der Waals surface area contributed by atoms with Gasteiger partial charge in [-0.1, -0.05) is 28.9 Å². The van der Waals surface area contributed by atoms with Gasteiger partial charge in [0.15, 0.2) is 5.82 Å². The second-order valence-corrected chi connectivity index (χ2v) is 9.53. The molecule has 0 spiro atoms. The summed E-state index contributed by atoms with van der Waals surface area (Å²) in [5, 5.41) is 25.3. The Balaban J connectivity index is 1.44. The van der Waals surface area contributed by atoms with E-state index in [1.807, 2.05) is 6.20 Å². The lowest BCUT2D eigenvalue weighted by Crippen LogP contribution is -2.13. The number of fused-ring (bicyclic) bond motifs is 1. The van der Waals surface area contributed by atoms with Gasteiger partial charge in [-0.3, -0.25) is 4.98 Å². The Labute approximate surface area is 225 Å². The van der Waals surface area contributed by atoms with Gasteiger partial charge in [0.1, 0.15) is 17.6 Å². The number of hydrogen-bond acceptors (Lipinski definition) is 7. The van der Waals surface area contributed by atoms with Crippen LogP contribution in [0.4, 0.5) is 30.2 Å². The molecule has 3 aromatic heterocycles. The molecule has 2 N–H and O–H groups in total. The van der Waals surface area contributed by atoms with Crippen LogP contribution in [0.25, 0.3) is 10.9 Å². The lowest BCUT2D eigenvalue weighted by molar-refractivity contribution is 0.480. The van der Waals surface area contributed by atoms with Crippen LogP contribution < -0.4 is 10.6 Å². The van der Waals surface area contributed by atoms with E-state index in [1.165, 1.54) is 18.3 Å². The minimum atomic E-state index is -1.24. The van der Waals surface area contributed by atoms with Gasteiger partial charge < -0.3 is 10.6 Å². The molecule has 5 aromatic rings. The molecular formula is C27H18ClF3N8. The molecule has 12 heteroatoms. The summed E-state index contributed by atoms with van der Waals surface area (Å²) in [6.45, 7) is 0. The minimum absolute atomic E-state index is 0.127. The summed E-state index contributed by atoms with van der Waals surface area (Å²) in [6.07, 6.45) is 6.33. The third-order valence-electron chi connectivity index (χ3n) is 6.35. The zero-order chi connectivity index (χ0) is 27.1. The highest BCUT2D eigenvalue weighted by Crippen LogP contribution is 2.38. The van der Waals surface area contributed by atoms with Crippen LogP contribution in [0.1, 0.15) is 41.7 Å². The van der Waals surface area contributed by atoms with Crippen molar-refractivity contribution in [2.24, 2.45) is 0 Å². The first-order valence-electron chi connectivity index (χ1n) is 11.9. The highest BCUT2D eigenvalue weighted by atomic mass is 35.5. The first-order valence-corrected chi connectivity index (χ1v) is 12.3. The largest absolute Gasteiger partial charge is 0.373 e. The van der Waals surface area contributed by atoms with Crippen molar-refractivity contribution in [1.82, 2.24) is 25.0 Å². The fourth-order valence-corrected chi connectivity index (χ4v) is 4.59. The van der Waals surface area contributed by atoms with Crippen LogP contribution in [0.3, 0.4) is 0 Å². The Morgan fingerprint density at radius 2 is 1.90 bits per heavy atom. The van der Waals surface area contributed by atoms with Crippen molar-refractivity contribution in [3.8, 4) is 6.07 Å². The number of halogens is 4. The summed E-state index contributed by atoms with van der Waals surface area (Å²) < 4.78 is 43.2.